The highest BCUT2D eigenvalue weighted by molar-refractivity contribution is 7.88. The lowest BCUT2D eigenvalue weighted by molar-refractivity contribution is 0.0954. The third-order valence-corrected chi connectivity index (χ3v) is 3.89. The van der Waals surface area contributed by atoms with E-state index in [1.807, 2.05) is 0 Å². The summed E-state index contributed by atoms with van der Waals surface area (Å²) >= 11 is 17.5. The van der Waals surface area contributed by atoms with Gasteiger partial charge in [-0.3, -0.25) is 4.79 Å². The first-order valence-corrected chi connectivity index (χ1v) is 8.11. The summed E-state index contributed by atoms with van der Waals surface area (Å²) in [6, 6.07) is 2.94. The van der Waals surface area contributed by atoms with Crippen molar-refractivity contribution >= 4 is 50.7 Å². The fourth-order valence-electron chi connectivity index (χ4n) is 1.24. The first-order valence-electron chi connectivity index (χ1n) is 5.08. The van der Waals surface area contributed by atoms with Crippen LogP contribution in [0.3, 0.4) is 0 Å². The van der Waals surface area contributed by atoms with Crippen LogP contribution in [0.15, 0.2) is 12.1 Å². The van der Waals surface area contributed by atoms with Crippen molar-refractivity contribution in [2.75, 3.05) is 19.3 Å². The molecule has 106 valence electrons. The van der Waals surface area contributed by atoms with Gasteiger partial charge in [0.15, 0.2) is 0 Å². The average molecular weight is 346 g/mol. The van der Waals surface area contributed by atoms with Gasteiger partial charge in [0.25, 0.3) is 5.91 Å². The number of hydrogen-bond donors (Lipinski definition) is 2. The molecular weight excluding hydrogens is 335 g/mol. The van der Waals surface area contributed by atoms with Gasteiger partial charge in [0.1, 0.15) is 0 Å². The third kappa shape index (κ3) is 5.16. The monoisotopic (exact) mass is 344 g/mol. The van der Waals surface area contributed by atoms with Gasteiger partial charge in [-0.2, -0.15) is 0 Å². The van der Waals surface area contributed by atoms with E-state index in [4.69, 9.17) is 34.8 Å². The van der Waals surface area contributed by atoms with Crippen LogP contribution in [-0.4, -0.2) is 33.7 Å². The van der Waals surface area contributed by atoms with Crippen LogP contribution in [0.1, 0.15) is 10.4 Å². The maximum Gasteiger partial charge on any atom is 0.254 e. The lowest BCUT2D eigenvalue weighted by atomic mass is 10.2. The van der Waals surface area contributed by atoms with Gasteiger partial charge in [-0.15, -0.1) is 0 Å². The highest BCUT2D eigenvalue weighted by Gasteiger charge is 2.16. The summed E-state index contributed by atoms with van der Waals surface area (Å²) in [5.74, 6) is -0.521. The zero-order chi connectivity index (χ0) is 14.6. The van der Waals surface area contributed by atoms with E-state index in [9.17, 15) is 13.2 Å². The number of carbonyl (C=O) groups excluding carboxylic acids is 1. The van der Waals surface area contributed by atoms with Crippen molar-refractivity contribution < 1.29 is 13.2 Å². The van der Waals surface area contributed by atoms with Crippen molar-refractivity contribution in [3.05, 3.63) is 32.8 Å². The Morgan fingerprint density at radius 2 is 1.74 bits per heavy atom. The van der Waals surface area contributed by atoms with E-state index in [-0.39, 0.29) is 33.7 Å². The number of carbonyl (C=O) groups is 1. The molecule has 2 N–H and O–H groups in total. The lowest BCUT2D eigenvalue weighted by Gasteiger charge is -2.09. The van der Waals surface area contributed by atoms with Crippen LogP contribution >= 0.6 is 34.8 Å². The zero-order valence-electron chi connectivity index (χ0n) is 9.84. The fraction of sp³-hybridized carbons (Fsp3) is 0.300. The predicted octanol–water partition coefficient (Wildman–Crippen LogP) is 1.93. The van der Waals surface area contributed by atoms with E-state index < -0.39 is 15.9 Å². The van der Waals surface area contributed by atoms with Crippen molar-refractivity contribution in [2.45, 2.75) is 0 Å². The highest BCUT2D eigenvalue weighted by Crippen LogP contribution is 2.31. The molecule has 0 bridgehead atoms. The van der Waals surface area contributed by atoms with Gasteiger partial charge in [-0.05, 0) is 12.1 Å². The average Bonchev–Trinajstić information content (AvgIpc) is 2.29. The van der Waals surface area contributed by atoms with Crippen LogP contribution in [0.25, 0.3) is 0 Å². The summed E-state index contributed by atoms with van der Waals surface area (Å²) in [7, 11) is -3.28. The summed E-state index contributed by atoms with van der Waals surface area (Å²) in [6.07, 6.45) is 1.03. The Labute approximate surface area is 126 Å². The van der Waals surface area contributed by atoms with Crippen LogP contribution in [0.4, 0.5) is 0 Å². The molecule has 0 aromatic heterocycles. The molecule has 0 atom stereocenters. The Hall–Kier alpha value is -0.530. The standard InChI is InChI=1S/C10H11Cl3N2O3S/c1-19(17,18)15-5-4-14-10(16)8-6(11)2-3-7(12)9(8)13/h2-3,15H,4-5H2,1H3,(H,14,16). The van der Waals surface area contributed by atoms with Gasteiger partial charge in [0, 0.05) is 13.1 Å². The number of halogens is 3. The fourth-order valence-corrected chi connectivity index (χ4v) is 2.41. The molecule has 1 aromatic carbocycles. The molecule has 0 heterocycles. The van der Waals surface area contributed by atoms with Gasteiger partial charge < -0.3 is 5.32 Å². The van der Waals surface area contributed by atoms with E-state index in [1.54, 1.807) is 0 Å². The van der Waals surface area contributed by atoms with Crippen molar-refractivity contribution in [1.29, 1.82) is 0 Å². The van der Waals surface area contributed by atoms with E-state index in [0.29, 0.717) is 0 Å². The summed E-state index contributed by atoms with van der Waals surface area (Å²) in [5.41, 5.74) is 0.0650. The number of sulfonamides is 1. The maximum absolute atomic E-state index is 11.8. The van der Waals surface area contributed by atoms with Crippen molar-refractivity contribution in [1.82, 2.24) is 10.0 Å². The Morgan fingerprint density at radius 3 is 2.32 bits per heavy atom. The molecule has 0 aliphatic rings. The third-order valence-electron chi connectivity index (χ3n) is 2.05. The first kappa shape index (κ1) is 16.5. The molecular formula is C10H11Cl3N2O3S. The minimum Gasteiger partial charge on any atom is -0.351 e. The van der Waals surface area contributed by atoms with Gasteiger partial charge in [-0.25, -0.2) is 13.1 Å². The van der Waals surface area contributed by atoms with Crippen LogP contribution in [-0.2, 0) is 10.0 Å². The van der Waals surface area contributed by atoms with Crippen LogP contribution in [0.2, 0.25) is 15.1 Å². The van der Waals surface area contributed by atoms with Crippen molar-refractivity contribution in [2.24, 2.45) is 0 Å². The Kier molecular flexibility index (Phi) is 5.88. The van der Waals surface area contributed by atoms with E-state index >= 15 is 0 Å². The summed E-state index contributed by atoms with van der Waals surface area (Å²) < 4.78 is 23.9. The minimum absolute atomic E-state index is 0.0581. The van der Waals surface area contributed by atoms with Crippen LogP contribution < -0.4 is 10.0 Å². The molecule has 0 radical (unpaired) electrons. The second-order valence-corrected chi connectivity index (χ2v) is 6.67. The number of rotatable bonds is 5. The number of nitrogens with one attached hydrogen (secondary N) is 2. The SMILES string of the molecule is CS(=O)(=O)NCCNC(=O)c1c(Cl)ccc(Cl)c1Cl. The summed E-state index contributed by atoms with van der Waals surface area (Å²) in [4.78, 5) is 11.8. The molecule has 1 aromatic rings. The van der Waals surface area contributed by atoms with Crippen LogP contribution in [0.5, 0.6) is 0 Å². The van der Waals surface area contributed by atoms with Gasteiger partial charge in [0.2, 0.25) is 10.0 Å². The van der Waals surface area contributed by atoms with E-state index in [1.165, 1.54) is 12.1 Å². The molecule has 0 aliphatic carbocycles. The zero-order valence-corrected chi connectivity index (χ0v) is 12.9. The molecule has 9 heteroatoms. The second-order valence-electron chi connectivity index (χ2n) is 3.64. The Bertz CT molecular complexity index is 590. The maximum atomic E-state index is 11.8. The molecule has 1 rings (SSSR count). The quantitative estimate of drug-likeness (QED) is 0.632. The largest absolute Gasteiger partial charge is 0.351 e. The van der Waals surface area contributed by atoms with Crippen molar-refractivity contribution in [3.63, 3.8) is 0 Å². The molecule has 5 nitrogen and oxygen atoms in total. The van der Waals surface area contributed by atoms with Crippen LogP contribution in [0, 0.1) is 0 Å². The number of amides is 1. The predicted molar refractivity (Wildman–Crippen MR) is 76.7 cm³/mol. The normalized spacial score (nSPS) is 11.4. The highest BCUT2D eigenvalue weighted by atomic mass is 35.5. The number of benzene rings is 1. The molecule has 0 aliphatic heterocycles. The molecule has 0 unspecified atom stereocenters. The molecule has 0 spiro atoms. The Balaban J connectivity index is 2.67. The van der Waals surface area contributed by atoms with Gasteiger partial charge in [0.05, 0.1) is 26.9 Å². The molecule has 0 fully saturated rings. The van der Waals surface area contributed by atoms with E-state index in [2.05, 4.69) is 10.0 Å². The molecule has 0 saturated heterocycles. The topological polar surface area (TPSA) is 75.3 Å². The van der Waals surface area contributed by atoms with Gasteiger partial charge >= 0.3 is 0 Å². The lowest BCUT2D eigenvalue weighted by Crippen LogP contribution is -2.34. The van der Waals surface area contributed by atoms with E-state index in [0.717, 1.165) is 6.26 Å². The smallest absolute Gasteiger partial charge is 0.254 e. The van der Waals surface area contributed by atoms with Gasteiger partial charge in [-0.1, -0.05) is 34.8 Å². The molecule has 0 saturated carbocycles. The molecule has 19 heavy (non-hydrogen) atoms. The second kappa shape index (κ2) is 6.76. The molecule has 1 amide bonds. The summed E-state index contributed by atoms with van der Waals surface area (Å²) in [6.45, 7) is 0.172. The van der Waals surface area contributed by atoms with Crippen molar-refractivity contribution in [3.8, 4) is 0 Å². The minimum atomic E-state index is -3.28. The number of hydrogen-bond acceptors (Lipinski definition) is 3. The first-order chi connectivity index (χ1) is 8.72. The Morgan fingerprint density at radius 1 is 1.16 bits per heavy atom. The summed E-state index contributed by atoms with van der Waals surface area (Å²) in [5, 5.41) is 2.93.